The number of carbonyl (C=O) groups excluding carboxylic acids is 1. The molecule has 0 aromatic heterocycles. The van der Waals surface area contributed by atoms with E-state index in [1.54, 1.807) is 7.11 Å². The Morgan fingerprint density at radius 3 is 2.79 bits per heavy atom. The molecule has 1 fully saturated rings. The van der Waals surface area contributed by atoms with Gasteiger partial charge in [0.1, 0.15) is 6.61 Å². The molecule has 1 aliphatic heterocycles. The average Bonchev–Trinajstić information content (AvgIpc) is 2.92. The van der Waals surface area contributed by atoms with Crippen molar-refractivity contribution in [3.05, 3.63) is 0 Å². The molecule has 0 radical (unpaired) electrons. The van der Waals surface area contributed by atoms with Crippen LogP contribution in [0.3, 0.4) is 0 Å². The Balaban J connectivity index is 1.82. The standard InChI is InChI=1S/C13H24O4S2/c1-15-7-8-16-9-10-17-13(14)5-3-2-4-12-6-11-18-19-12/h12H,2-11H2,1H3. The predicted molar refractivity (Wildman–Crippen MR) is 80.6 cm³/mol. The van der Waals surface area contributed by atoms with E-state index < -0.39 is 0 Å². The SMILES string of the molecule is COCCOCCOC(=O)CCCCC1CCSS1. The highest BCUT2D eigenvalue weighted by atomic mass is 33.1. The lowest BCUT2D eigenvalue weighted by Crippen LogP contribution is -2.12. The lowest BCUT2D eigenvalue weighted by Gasteiger charge is -2.07. The maximum absolute atomic E-state index is 11.4. The molecule has 1 atom stereocenters. The molecule has 0 aromatic carbocycles. The summed E-state index contributed by atoms with van der Waals surface area (Å²) >= 11 is 0. The minimum atomic E-state index is -0.108. The summed E-state index contributed by atoms with van der Waals surface area (Å²) in [5.41, 5.74) is 0. The molecule has 0 spiro atoms. The van der Waals surface area contributed by atoms with Crippen LogP contribution in [-0.2, 0) is 19.0 Å². The Labute approximate surface area is 123 Å². The maximum Gasteiger partial charge on any atom is 0.305 e. The van der Waals surface area contributed by atoms with E-state index in [-0.39, 0.29) is 5.97 Å². The summed E-state index contributed by atoms with van der Waals surface area (Å²) in [5, 5.41) is 0.801. The first-order valence-electron chi connectivity index (χ1n) is 6.83. The summed E-state index contributed by atoms with van der Waals surface area (Å²) in [7, 11) is 5.60. The number of methoxy groups -OCH3 is 1. The summed E-state index contributed by atoms with van der Waals surface area (Å²) in [6.45, 7) is 1.92. The first-order chi connectivity index (χ1) is 9.33. The highest BCUT2D eigenvalue weighted by Crippen LogP contribution is 2.39. The van der Waals surface area contributed by atoms with E-state index in [1.807, 2.05) is 21.6 Å². The van der Waals surface area contributed by atoms with E-state index >= 15 is 0 Å². The van der Waals surface area contributed by atoms with Crippen molar-refractivity contribution >= 4 is 27.6 Å². The Bertz CT molecular complexity index is 233. The number of esters is 1. The molecule has 0 saturated carbocycles. The second-order valence-electron chi connectivity index (χ2n) is 4.40. The highest BCUT2D eigenvalue weighted by molar-refractivity contribution is 8.77. The number of carbonyl (C=O) groups is 1. The first-order valence-corrected chi connectivity index (χ1v) is 9.21. The second kappa shape index (κ2) is 11.9. The second-order valence-corrected chi connectivity index (χ2v) is 7.19. The topological polar surface area (TPSA) is 44.8 Å². The summed E-state index contributed by atoms with van der Waals surface area (Å²) in [6.07, 6.45) is 5.13. The smallest absolute Gasteiger partial charge is 0.305 e. The Morgan fingerprint density at radius 2 is 2.05 bits per heavy atom. The van der Waals surface area contributed by atoms with Crippen molar-refractivity contribution in [3.8, 4) is 0 Å². The van der Waals surface area contributed by atoms with Gasteiger partial charge in [-0.05, 0) is 19.3 Å². The van der Waals surface area contributed by atoms with Crippen LogP contribution in [0.5, 0.6) is 0 Å². The van der Waals surface area contributed by atoms with Crippen molar-refractivity contribution in [2.75, 3.05) is 39.3 Å². The zero-order valence-electron chi connectivity index (χ0n) is 11.6. The van der Waals surface area contributed by atoms with Crippen LogP contribution < -0.4 is 0 Å². The fourth-order valence-electron chi connectivity index (χ4n) is 1.74. The number of hydrogen-bond acceptors (Lipinski definition) is 6. The number of ether oxygens (including phenoxy) is 3. The Morgan fingerprint density at radius 1 is 1.21 bits per heavy atom. The molecule has 0 aliphatic carbocycles. The van der Waals surface area contributed by atoms with Crippen LogP contribution in [0.1, 0.15) is 32.1 Å². The third-order valence-corrected chi connectivity index (χ3v) is 5.81. The summed E-state index contributed by atoms with van der Waals surface area (Å²) in [6, 6.07) is 0. The number of hydrogen-bond donors (Lipinski definition) is 0. The molecule has 0 amide bonds. The van der Waals surface area contributed by atoms with Gasteiger partial charge in [0.15, 0.2) is 0 Å². The fourth-order valence-corrected chi connectivity index (χ4v) is 4.76. The van der Waals surface area contributed by atoms with E-state index in [1.165, 1.54) is 18.6 Å². The molecule has 1 aliphatic rings. The van der Waals surface area contributed by atoms with Gasteiger partial charge in [-0.15, -0.1) is 0 Å². The summed E-state index contributed by atoms with van der Waals surface area (Å²) < 4.78 is 15.1. The molecular formula is C13H24O4S2. The van der Waals surface area contributed by atoms with Crippen molar-refractivity contribution in [1.82, 2.24) is 0 Å². The maximum atomic E-state index is 11.4. The lowest BCUT2D eigenvalue weighted by atomic mass is 10.1. The molecule has 1 saturated heterocycles. The quantitative estimate of drug-likeness (QED) is 0.332. The van der Waals surface area contributed by atoms with Gasteiger partial charge in [-0.3, -0.25) is 4.79 Å². The molecule has 4 nitrogen and oxygen atoms in total. The van der Waals surface area contributed by atoms with Crippen LogP contribution in [0.25, 0.3) is 0 Å². The zero-order valence-corrected chi connectivity index (χ0v) is 13.2. The molecule has 1 rings (SSSR count). The van der Waals surface area contributed by atoms with E-state index in [9.17, 15) is 4.79 Å². The highest BCUT2D eigenvalue weighted by Gasteiger charge is 2.15. The normalized spacial score (nSPS) is 18.7. The molecule has 19 heavy (non-hydrogen) atoms. The fraction of sp³-hybridized carbons (Fsp3) is 0.923. The van der Waals surface area contributed by atoms with Crippen LogP contribution in [-0.4, -0.2) is 50.5 Å². The summed E-state index contributed by atoms with van der Waals surface area (Å²) in [5.74, 6) is 1.17. The molecule has 6 heteroatoms. The molecule has 1 heterocycles. The van der Waals surface area contributed by atoms with Gasteiger partial charge in [-0.1, -0.05) is 28.0 Å². The minimum absolute atomic E-state index is 0.108. The van der Waals surface area contributed by atoms with E-state index in [4.69, 9.17) is 14.2 Å². The molecule has 0 bridgehead atoms. The van der Waals surface area contributed by atoms with Gasteiger partial charge in [-0.25, -0.2) is 0 Å². The third-order valence-electron chi connectivity index (χ3n) is 2.81. The van der Waals surface area contributed by atoms with Crippen molar-refractivity contribution in [3.63, 3.8) is 0 Å². The number of rotatable bonds is 11. The van der Waals surface area contributed by atoms with E-state index in [2.05, 4.69) is 0 Å². The van der Waals surface area contributed by atoms with Gasteiger partial charge < -0.3 is 14.2 Å². The van der Waals surface area contributed by atoms with E-state index in [0.29, 0.717) is 32.8 Å². The van der Waals surface area contributed by atoms with Crippen LogP contribution >= 0.6 is 21.6 Å². The first kappa shape index (κ1) is 17.1. The largest absolute Gasteiger partial charge is 0.463 e. The monoisotopic (exact) mass is 308 g/mol. The van der Waals surface area contributed by atoms with Gasteiger partial charge in [0.2, 0.25) is 0 Å². The predicted octanol–water partition coefficient (Wildman–Crippen LogP) is 2.91. The van der Waals surface area contributed by atoms with Crippen LogP contribution in [0.2, 0.25) is 0 Å². The van der Waals surface area contributed by atoms with Gasteiger partial charge in [0, 0.05) is 24.5 Å². The Hall–Kier alpha value is 0.0900. The van der Waals surface area contributed by atoms with Crippen LogP contribution in [0, 0.1) is 0 Å². The van der Waals surface area contributed by atoms with E-state index in [0.717, 1.165) is 18.1 Å². The minimum Gasteiger partial charge on any atom is -0.463 e. The zero-order chi connectivity index (χ0) is 13.8. The van der Waals surface area contributed by atoms with Gasteiger partial charge in [0.25, 0.3) is 0 Å². The van der Waals surface area contributed by atoms with Crippen molar-refractivity contribution in [2.24, 2.45) is 0 Å². The Kier molecular flexibility index (Phi) is 10.7. The molecular weight excluding hydrogens is 284 g/mol. The molecule has 0 aromatic rings. The number of unbranched alkanes of at least 4 members (excludes halogenated alkanes) is 1. The summed E-state index contributed by atoms with van der Waals surface area (Å²) in [4.78, 5) is 11.4. The van der Waals surface area contributed by atoms with Crippen molar-refractivity contribution in [2.45, 2.75) is 37.4 Å². The molecule has 1 unspecified atom stereocenters. The van der Waals surface area contributed by atoms with Gasteiger partial charge in [0.05, 0.1) is 19.8 Å². The van der Waals surface area contributed by atoms with Crippen molar-refractivity contribution in [1.29, 1.82) is 0 Å². The average molecular weight is 308 g/mol. The van der Waals surface area contributed by atoms with Crippen LogP contribution in [0.4, 0.5) is 0 Å². The molecule has 0 N–H and O–H groups in total. The van der Waals surface area contributed by atoms with Crippen molar-refractivity contribution < 1.29 is 19.0 Å². The molecule has 112 valence electrons. The third kappa shape index (κ3) is 9.60. The van der Waals surface area contributed by atoms with Crippen LogP contribution in [0.15, 0.2) is 0 Å². The lowest BCUT2D eigenvalue weighted by molar-refractivity contribution is -0.145. The van der Waals surface area contributed by atoms with Gasteiger partial charge in [-0.2, -0.15) is 0 Å². The van der Waals surface area contributed by atoms with Gasteiger partial charge >= 0.3 is 5.97 Å².